The van der Waals surface area contributed by atoms with Crippen molar-refractivity contribution in [1.29, 1.82) is 0 Å². The minimum atomic E-state index is -0.483. The zero-order chi connectivity index (χ0) is 10.8. The molecule has 0 amide bonds. The van der Waals surface area contributed by atoms with Gasteiger partial charge in [0.1, 0.15) is 0 Å². The van der Waals surface area contributed by atoms with Crippen molar-refractivity contribution in [3.8, 4) is 5.75 Å². The predicted octanol–water partition coefficient (Wildman–Crippen LogP) is 0.753. The number of esters is 1. The average Bonchev–Trinajstić information content (AvgIpc) is 2.66. The van der Waals surface area contributed by atoms with Gasteiger partial charge in [-0.1, -0.05) is 0 Å². The van der Waals surface area contributed by atoms with Crippen LogP contribution in [0.4, 0.5) is 0 Å². The van der Waals surface area contributed by atoms with E-state index in [4.69, 9.17) is 4.74 Å². The molecule has 0 spiro atoms. The summed E-state index contributed by atoms with van der Waals surface area (Å²) in [6, 6.07) is 0. The quantitative estimate of drug-likeness (QED) is 0.735. The van der Waals surface area contributed by atoms with Crippen molar-refractivity contribution in [3.05, 3.63) is 18.1 Å². The van der Waals surface area contributed by atoms with E-state index in [1.54, 1.807) is 0 Å². The van der Waals surface area contributed by atoms with Gasteiger partial charge < -0.3 is 14.5 Å². The van der Waals surface area contributed by atoms with Crippen LogP contribution in [0, 0.1) is 0 Å². The third-order valence-corrected chi connectivity index (χ3v) is 2.06. The van der Waals surface area contributed by atoms with E-state index in [0.29, 0.717) is 16.7 Å². The Hall–Kier alpha value is -2.11. The largest absolute Gasteiger partial charge is 0.494 e. The van der Waals surface area contributed by atoms with Crippen molar-refractivity contribution < 1.29 is 14.3 Å². The van der Waals surface area contributed by atoms with Gasteiger partial charge in [0.2, 0.25) is 0 Å². The first-order valence-corrected chi connectivity index (χ1v) is 4.22. The summed E-state index contributed by atoms with van der Waals surface area (Å²) in [5.41, 5.74) is 0.951. The van der Waals surface area contributed by atoms with Crippen molar-refractivity contribution in [2.75, 3.05) is 14.2 Å². The third kappa shape index (κ3) is 1.39. The van der Waals surface area contributed by atoms with Crippen molar-refractivity contribution >= 4 is 16.9 Å². The van der Waals surface area contributed by atoms with Crippen LogP contribution in [0.25, 0.3) is 10.9 Å². The zero-order valence-corrected chi connectivity index (χ0v) is 8.27. The Balaban J connectivity index is 2.69. The third-order valence-electron chi connectivity index (χ3n) is 2.06. The molecule has 2 aromatic heterocycles. The molecule has 2 aromatic rings. The number of aromatic amines is 1. The van der Waals surface area contributed by atoms with Gasteiger partial charge >= 0.3 is 5.97 Å². The van der Waals surface area contributed by atoms with E-state index in [1.165, 1.54) is 26.6 Å². The monoisotopic (exact) mass is 207 g/mol. The highest BCUT2D eigenvalue weighted by atomic mass is 16.5. The fourth-order valence-corrected chi connectivity index (χ4v) is 1.39. The predicted molar refractivity (Wildman–Crippen MR) is 51.8 cm³/mol. The molecule has 0 aliphatic heterocycles. The molecule has 0 fully saturated rings. The molecule has 0 atom stereocenters. The summed E-state index contributed by atoms with van der Waals surface area (Å²) in [6.07, 6.45) is 3.04. The first kappa shape index (κ1) is 9.45. The van der Waals surface area contributed by atoms with Crippen molar-refractivity contribution in [2.45, 2.75) is 0 Å². The van der Waals surface area contributed by atoms with Crippen LogP contribution in [-0.2, 0) is 4.74 Å². The van der Waals surface area contributed by atoms with Crippen LogP contribution in [0.15, 0.2) is 12.4 Å². The molecule has 15 heavy (non-hydrogen) atoms. The number of H-pyrrole nitrogens is 1. The van der Waals surface area contributed by atoms with Gasteiger partial charge in [-0.05, 0) is 0 Å². The minimum Gasteiger partial charge on any atom is -0.494 e. The maximum atomic E-state index is 11.4. The molecule has 0 unspecified atom stereocenters. The van der Waals surface area contributed by atoms with Crippen LogP contribution >= 0.6 is 0 Å². The van der Waals surface area contributed by atoms with Gasteiger partial charge in [0, 0.05) is 0 Å². The van der Waals surface area contributed by atoms with Gasteiger partial charge in [0.25, 0.3) is 0 Å². The normalized spacial score (nSPS) is 10.3. The average molecular weight is 207 g/mol. The lowest BCUT2D eigenvalue weighted by Crippen LogP contribution is -2.03. The number of aromatic nitrogens is 3. The molecule has 78 valence electrons. The van der Waals surface area contributed by atoms with Gasteiger partial charge in [0.05, 0.1) is 37.5 Å². The number of carbonyl (C=O) groups is 1. The van der Waals surface area contributed by atoms with E-state index in [-0.39, 0.29) is 5.69 Å². The van der Waals surface area contributed by atoms with Crippen LogP contribution < -0.4 is 4.74 Å². The summed E-state index contributed by atoms with van der Waals surface area (Å²) in [5, 5.41) is 8.12. The number of nitrogens with one attached hydrogen (secondary N) is 1. The Morgan fingerprint density at radius 3 is 2.73 bits per heavy atom. The molecule has 0 saturated heterocycles. The Morgan fingerprint density at radius 2 is 2.07 bits per heavy atom. The van der Waals surface area contributed by atoms with E-state index in [1.807, 2.05) is 0 Å². The fourth-order valence-electron chi connectivity index (χ4n) is 1.39. The highest BCUT2D eigenvalue weighted by Crippen LogP contribution is 2.28. The molecule has 2 heterocycles. The van der Waals surface area contributed by atoms with Crippen LogP contribution in [-0.4, -0.2) is 35.4 Å². The van der Waals surface area contributed by atoms with Gasteiger partial charge in [-0.2, -0.15) is 10.2 Å². The number of hydrogen-bond acceptors (Lipinski definition) is 5. The number of carbonyl (C=O) groups excluding carboxylic acids is 1. The smallest absolute Gasteiger partial charge is 0.358 e. The van der Waals surface area contributed by atoms with Crippen LogP contribution in [0.5, 0.6) is 5.75 Å². The van der Waals surface area contributed by atoms with Crippen LogP contribution in [0.3, 0.4) is 0 Å². The summed E-state index contributed by atoms with van der Waals surface area (Å²) >= 11 is 0. The van der Waals surface area contributed by atoms with Crippen molar-refractivity contribution in [2.24, 2.45) is 0 Å². The maximum absolute atomic E-state index is 11.4. The molecule has 2 rings (SSSR count). The first-order chi connectivity index (χ1) is 7.27. The molecule has 1 N–H and O–H groups in total. The van der Waals surface area contributed by atoms with E-state index in [2.05, 4.69) is 19.9 Å². The Morgan fingerprint density at radius 1 is 1.33 bits per heavy atom. The summed E-state index contributed by atoms with van der Waals surface area (Å²) in [6.45, 7) is 0. The lowest BCUT2D eigenvalue weighted by molar-refractivity contribution is 0.0591. The Labute approximate surface area is 85.2 Å². The zero-order valence-electron chi connectivity index (χ0n) is 8.27. The van der Waals surface area contributed by atoms with Crippen LogP contribution in [0.1, 0.15) is 10.5 Å². The molecule has 0 radical (unpaired) electrons. The van der Waals surface area contributed by atoms with Crippen LogP contribution in [0.2, 0.25) is 0 Å². The topological polar surface area (TPSA) is 77.1 Å². The van der Waals surface area contributed by atoms with Crippen molar-refractivity contribution in [3.63, 3.8) is 0 Å². The summed E-state index contributed by atoms with van der Waals surface area (Å²) < 4.78 is 9.74. The lowest BCUT2D eigenvalue weighted by Gasteiger charge is -2.00. The fraction of sp³-hybridized carbons (Fsp3) is 0.222. The van der Waals surface area contributed by atoms with Gasteiger partial charge in [0.15, 0.2) is 11.4 Å². The summed E-state index contributed by atoms with van der Waals surface area (Å²) in [5.74, 6) is -0.0604. The lowest BCUT2D eigenvalue weighted by atomic mass is 10.3. The molecular formula is C9H9N3O3. The molecule has 0 aromatic carbocycles. The second-order valence-electron chi connectivity index (χ2n) is 2.84. The van der Waals surface area contributed by atoms with Gasteiger partial charge in [-0.3, -0.25) is 0 Å². The van der Waals surface area contributed by atoms with Gasteiger partial charge in [-0.15, -0.1) is 0 Å². The first-order valence-electron chi connectivity index (χ1n) is 4.22. The number of methoxy groups -OCH3 is 2. The molecule has 0 saturated carbocycles. The molecule has 0 aliphatic rings. The summed E-state index contributed by atoms with van der Waals surface area (Å²) in [7, 11) is 2.79. The second-order valence-corrected chi connectivity index (χ2v) is 2.84. The van der Waals surface area contributed by atoms with E-state index in [0.717, 1.165) is 0 Å². The molecule has 6 heteroatoms. The molecule has 6 nitrogen and oxygen atoms in total. The number of hydrogen-bond donors (Lipinski definition) is 1. The van der Waals surface area contributed by atoms with Crippen molar-refractivity contribution in [1.82, 2.24) is 15.2 Å². The maximum Gasteiger partial charge on any atom is 0.358 e. The number of rotatable bonds is 2. The number of nitrogens with zero attached hydrogens (tertiary/aromatic N) is 2. The highest BCUT2D eigenvalue weighted by molar-refractivity contribution is 6.00. The van der Waals surface area contributed by atoms with Gasteiger partial charge in [-0.25, -0.2) is 4.79 Å². The standard InChI is InChI=1S/C9H9N3O3/c1-14-8-5-3-10-11-4-6(5)12-7(8)9(13)15-2/h3-4,12H,1-2H3. The van der Waals surface area contributed by atoms with E-state index in [9.17, 15) is 4.79 Å². The Bertz CT molecular complexity index is 506. The highest BCUT2D eigenvalue weighted by Gasteiger charge is 2.19. The SMILES string of the molecule is COC(=O)c1[nH]c2cnncc2c1OC. The molecule has 0 bridgehead atoms. The number of fused-ring (bicyclic) bond motifs is 1. The minimum absolute atomic E-state index is 0.268. The Kier molecular flexibility index (Phi) is 2.24. The number of ether oxygens (including phenoxy) is 2. The van der Waals surface area contributed by atoms with E-state index >= 15 is 0 Å². The van der Waals surface area contributed by atoms with E-state index < -0.39 is 5.97 Å². The molecular weight excluding hydrogens is 198 g/mol. The second kappa shape index (κ2) is 3.56. The molecule has 0 aliphatic carbocycles. The summed E-state index contributed by atoms with van der Waals surface area (Å²) in [4.78, 5) is 14.3.